The highest BCUT2D eigenvalue weighted by Crippen LogP contribution is 2.32. The molecule has 5 heteroatoms. The van der Waals surface area contributed by atoms with Gasteiger partial charge in [-0.3, -0.25) is 0 Å². The van der Waals surface area contributed by atoms with E-state index in [1.807, 2.05) is 51.1 Å². The summed E-state index contributed by atoms with van der Waals surface area (Å²) in [7, 11) is 0. The molecule has 1 heterocycles. The van der Waals surface area contributed by atoms with Gasteiger partial charge in [0, 0.05) is 12.0 Å². The van der Waals surface area contributed by atoms with Crippen molar-refractivity contribution in [3.05, 3.63) is 74.6 Å². The summed E-state index contributed by atoms with van der Waals surface area (Å²) < 4.78 is 16.3. The third kappa shape index (κ3) is 4.09. The Balaban J connectivity index is 2.08. The molecule has 1 aromatic heterocycles. The van der Waals surface area contributed by atoms with E-state index in [9.17, 15) is 9.59 Å². The Hall–Kier alpha value is -3.08. The highest BCUT2D eigenvalue weighted by atomic mass is 16.6. The minimum Gasteiger partial charge on any atom is -0.481 e. The van der Waals surface area contributed by atoms with E-state index in [-0.39, 0.29) is 12.2 Å². The van der Waals surface area contributed by atoms with Crippen molar-refractivity contribution in [2.45, 2.75) is 34.1 Å². The van der Waals surface area contributed by atoms with E-state index >= 15 is 0 Å². The first-order chi connectivity index (χ1) is 13.4. The number of carbonyl (C=O) groups excluding carboxylic acids is 1. The zero-order chi connectivity index (χ0) is 20.3. The zero-order valence-corrected chi connectivity index (χ0v) is 16.6. The second-order valence-electron chi connectivity index (χ2n) is 6.83. The number of esters is 1. The van der Waals surface area contributed by atoms with Crippen molar-refractivity contribution in [2.24, 2.45) is 0 Å². The van der Waals surface area contributed by atoms with Crippen LogP contribution in [0.1, 0.15) is 34.7 Å². The van der Waals surface area contributed by atoms with Gasteiger partial charge in [0.25, 0.3) is 0 Å². The van der Waals surface area contributed by atoms with Crippen LogP contribution in [0.5, 0.6) is 5.75 Å². The molecule has 3 aromatic rings. The summed E-state index contributed by atoms with van der Waals surface area (Å²) >= 11 is 0. The first-order valence-electron chi connectivity index (χ1n) is 9.30. The second kappa shape index (κ2) is 8.30. The fourth-order valence-corrected chi connectivity index (χ4v) is 3.29. The van der Waals surface area contributed by atoms with E-state index in [1.165, 1.54) is 0 Å². The number of fused-ring (bicyclic) bond motifs is 1. The van der Waals surface area contributed by atoms with Crippen molar-refractivity contribution in [3.8, 4) is 5.75 Å². The lowest BCUT2D eigenvalue weighted by atomic mass is 9.96. The SMILES string of the molecule is CCOC(=O)COc1cc(C)cc2oc(=O)c(Cc3ccccc3C)c(C)c12. The Labute approximate surface area is 163 Å². The van der Waals surface area contributed by atoms with Gasteiger partial charge in [-0.2, -0.15) is 0 Å². The third-order valence-electron chi connectivity index (χ3n) is 4.77. The van der Waals surface area contributed by atoms with E-state index in [2.05, 4.69) is 0 Å². The number of benzene rings is 2. The molecule has 0 aliphatic carbocycles. The summed E-state index contributed by atoms with van der Waals surface area (Å²) in [6.07, 6.45) is 0.474. The van der Waals surface area contributed by atoms with Gasteiger partial charge in [-0.05, 0) is 62.1 Å². The summed E-state index contributed by atoms with van der Waals surface area (Å²) in [5.41, 5.74) is 4.55. The Morgan fingerprint density at radius 1 is 1.11 bits per heavy atom. The van der Waals surface area contributed by atoms with Crippen molar-refractivity contribution >= 4 is 16.9 Å². The van der Waals surface area contributed by atoms with Gasteiger partial charge in [-0.15, -0.1) is 0 Å². The summed E-state index contributed by atoms with van der Waals surface area (Å²) in [5.74, 6) is 0.0719. The van der Waals surface area contributed by atoms with Crippen LogP contribution in [0.3, 0.4) is 0 Å². The highest BCUT2D eigenvalue weighted by Gasteiger charge is 2.17. The van der Waals surface area contributed by atoms with Gasteiger partial charge < -0.3 is 13.9 Å². The lowest BCUT2D eigenvalue weighted by molar-refractivity contribution is -0.145. The number of hydrogen-bond acceptors (Lipinski definition) is 5. The van der Waals surface area contributed by atoms with Gasteiger partial charge in [-0.25, -0.2) is 9.59 Å². The van der Waals surface area contributed by atoms with Gasteiger partial charge in [0.05, 0.1) is 12.0 Å². The summed E-state index contributed by atoms with van der Waals surface area (Å²) in [5, 5.41) is 0.707. The molecule has 0 atom stereocenters. The maximum Gasteiger partial charge on any atom is 0.344 e. The van der Waals surface area contributed by atoms with Crippen molar-refractivity contribution in [1.82, 2.24) is 0 Å². The average Bonchev–Trinajstić information content (AvgIpc) is 2.64. The zero-order valence-electron chi connectivity index (χ0n) is 16.6. The molecule has 2 aromatic carbocycles. The smallest absolute Gasteiger partial charge is 0.344 e. The number of ether oxygens (including phenoxy) is 2. The minimum absolute atomic E-state index is 0.196. The molecule has 0 radical (unpaired) electrons. The molecular formula is C23H24O5. The van der Waals surface area contributed by atoms with Crippen LogP contribution in [0.2, 0.25) is 0 Å². The van der Waals surface area contributed by atoms with Crippen LogP contribution in [0.4, 0.5) is 0 Å². The molecule has 0 N–H and O–H groups in total. The molecule has 0 saturated heterocycles. The molecule has 3 rings (SSSR count). The molecule has 0 unspecified atom stereocenters. The molecule has 5 nitrogen and oxygen atoms in total. The van der Waals surface area contributed by atoms with Crippen LogP contribution in [-0.4, -0.2) is 19.2 Å². The standard InChI is InChI=1S/C23H24O5/c1-5-26-21(24)13-27-19-10-14(2)11-20-22(19)16(4)18(23(25)28-20)12-17-9-7-6-8-15(17)3/h6-11H,5,12-13H2,1-4H3. The minimum atomic E-state index is -0.438. The van der Waals surface area contributed by atoms with Gasteiger partial charge in [0.15, 0.2) is 6.61 Å². The number of hydrogen-bond donors (Lipinski definition) is 0. The lowest BCUT2D eigenvalue weighted by Gasteiger charge is -2.14. The van der Waals surface area contributed by atoms with Gasteiger partial charge in [0.1, 0.15) is 11.3 Å². The van der Waals surface area contributed by atoms with Crippen LogP contribution in [0.15, 0.2) is 45.6 Å². The normalized spacial score (nSPS) is 10.9. The topological polar surface area (TPSA) is 65.7 Å². The molecular weight excluding hydrogens is 356 g/mol. The van der Waals surface area contributed by atoms with E-state index in [1.54, 1.807) is 13.0 Å². The number of rotatable bonds is 6. The van der Waals surface area contributed by atoms with E-state index in [0.717, 1.165) is 22.3 Å². The van der Waals surface area contributed by atoms with E-state index < -0.39 is 5.97 Å². The lowest BCUT2D eigenvalue weighted by Crippen LogP contribution is -2.16. The average molecular weight is 380 g/mol. The Morgan fingerprint density at radius 2 is 1.86 bits per heavy atom. The molecule has 0 fully saturated rings. The fourth-order valence-electron chi connectivity index (χ4n) is 3.29. The van der Waals surface area contributed by atoms with Crippen molar-refractivity contribution in [2.75, 3.05) is 13.2 Å². The van der Waals surface area contributed by atoms with Crippen molar-refractivity contribution in [3.63, 3.8) is 0 Å². The van der Waals surface area contributed by atoms with Crippen molar-refractivity contribution in [1.29, 1.82) is 0 Å². The van der Waals surface area contributed by atoms with Gasteiger partial charge in [0.2, 0.25) is 0 Å². The molecule has 0 aliphatic heterocycles. The van der Waals surface area contributed by atoms with Crippen LogP contribution in [0, 0.1) is 20.8 Å². The Bertz CT molecular complexity index is 1080. The summed E-state index contributed by atoms with van der Waals surface area (Å²) in [6, 6.07) is 11.6. The van der Waals surface area contributed by atoms with Crippen LogP contribution >= 0.6 is 0 Å². The molecule has 0 aliphatic rings. The molecule has 0 spiro atoms. The number of aryl methyl sites for hydroxylation is 3. The van der Waals surface area contributed by atoms with Crippen molar-refractivity contribution < 1.29 is 18.7 Å². The predicted octanol–water partition coefficient (Wildman–Crippen LogP) is 4.25. The Kier molecular flexibility index (Phi) is 5.83. The molecule has 146 valence electrons. The molecule has 28 heavy (non-hydrogen) atoms. The van der Waals surface area contributed by atoms with Crippen LogP contribution in [0.25, 0.3) is 11.0 Å². The molecule has 0 saturated carbocycles. The van der Waals surface area contributed by atoms with E-state index in [0.29, 0.717) is 35.3 Å². The number of carbonyl (C=O) groups is 1. The molecule has 0 bridgehead atoms. The summed E-state index contributed by atoms with van der Waals surface area (Å²) in [6.45, 7) is 7.64. The third-order valence-corrected chi connectivity index (χ3v) is 4.77. The monoisotopic (exact) mass is 380 g/mol. The Morgan fingerprint density at radius 3 is 2.57 bits per heavy atom. The highest BCUT2D eigenvalue weighted by molar-refractivity contribution is 5.88. The van der Waals surface area contributed by atoms with Gasteiger partial charge >= 0.3 is 11.6 Å². The maximum atomic E-state index is 12.7. The second-order valence-corrected chi connectivity index (χ2v) is 6.83. The van der Waals surface area contributed by atoms with Gasteiger partial charge in [-0.1, -0.05) is 24.3 Å². The fraction of sp³-hybridized carbons (Fsp3) is 0.304. The largest absolute Gasteiger partial charge is 0.481 e. The summed E-state index contributed by atoms with van der Waals surface area (Å²) in [4.78, 5) is 24.4. The predicted molar refractivity (Wildman–Crippen MR) is 108 cm³/mol. The van der Waals surface area contributed by atoms with E-state index in [4.69, 9.17) is 13.9 Å². The first-order valence-corrected chi connectivity index (χ1v) is 9.30. The maximum absolute atomic E-state index is 12.7. The quantitative estimate of drug-likeness (QED) is 0.472. The van der Waals surface area contributed by atoms with Crippen LogP contribution < -0.4 is 10.4 Å². The first kappa shape index (κ1) is 19.7. The molecule has 0 amide bonds. The van der Waals surface area contributed by atoms with Crippen LogP contribution in [-0.2, 0) is 16.0 Å².